The van der Waals surface area contributed by atoms with Crippen LogP contribution in [0.1, 0.15) is 26.7 Å². The molecule has 0 fully saturated rings. The number of anilines is 1. The fourth-order valence-electron chi connectivity index (χ4n) is 1.52. The molecule has 2 aromatic rings. The molecule has 2 nitrogen and oxygen atoms in total. The lowest BCUT2D eigenvalue weighted by molar-refractivity contribution is 0.977. The van der Waals surface area contributed by atoms with Crippen LogP contribution in [0.5, 0.6) is 0 Å². The zero-order valence-electron chi connectivity index (χ0n) is 10.3. The fourth-order valence-corrected chi connectivity index (χ4v) is 3.33. The number of thioether (sulfide) groups is 1. The Labute approximate surface area is 111 Å². The Kier molecular flexibility index (Phi) is 4.68. The minimum atomic E-state index is 0.997. The molecule has 1 heterocycles. The summed E-state index contributed by atoms with van der Waals surface area (Å²) in [4.78, 5) is 5.92. The molecule has 0 spiro atoms. The molecule has 4 heteroatoms. The van der Waals surface area contributed by atoms with Crippen molar-refractivity contribution in [2.75, 3.05) is 17.6 Å². The maximum absolute atomic E-state index is 4.57. The van der Waals surface area contributed by atoms with Crippen LogP contribution in [-0.4, -0.2) is 17.3 Å². The third kappa shape index (κ3) is 3.36. The summed E-state index contributed by atoms with van der Waals surface area (Å²) < 4.78 is 1.28. The van der Waals surface area contributed by atoms with E-state index in [0.717, 1.165) is 23.6 Å². The van der Waals surface area contributed by atoms with E-state index < -0.39 is 0 Å². The first-order valence-corrected chi connectivity index (χ1v) is 7.91. The van der Waals surface area contributed by atoms with Crippen molar-refractivity contribution in [2.45, 2.75) is 31.6 Å². The monoisotopic (exact) mass is 266 g/mol. The molecule has 2 rings (SSSR count). The number of nitrogens with one attached hydrogen (secondary N) is 1. The van der Waals surface area contributed by atoms with Gasteiger partial charge in [-0.2, -0.15) is 0 Å². The SMILES string of the molecule is CCCNc1nc2ccc(SCCC)cc2s1. The number of rotatable bonds is 6. The summed E-state index contributed by atoms with van der Waals surface area (Å²) in [7, 11) is 0. The molecule has 0 aliphatic carbocycles. The molecule has 0 aliphatic rings. The average Bonchev–Trinajstić information content (AvgIpc) is 2.75. The number of nitrogens with zero attached hydrogens (tertiary/aromatic N) is 1. The van der Waals surface area contributed by atoms with Crippen molar-refractivity contribution in [1.82, 2.24) is 4.98 Å². The summed E-state index contributed by atoms with van der Waals surface area (Å²) >= 11 is 3.67. The lowest BCUT2D eigenvalue weighted by Gasteiger charge is -1.98. The second-order valence-corrected chi connectivity index (χ2v) is 6.12. The smallest absolute Gasteiger partial charge is 0.183 e. The van der Waals surface area contributed by atoms with Crippen LogP contribution >= 0.6 is 23.1 Å². The molecule has 0 saturated heterocycles. The largest absolute Gasteiger partial charge is 0.361 e. The highest BCUT2D eigenvalue weighted by Crippen LogP contribution is 2.30. The number of fused-ring (bicyclic) bond motifs is 1. The Balaban J connectivity index is 2.15. The van der Waals surface area contributed by atoms with Gasteiger partial charge in [0.2, 0.25) is 0 Å². The van der Waals surface area contributed by atoms with Crippen LogP contribution < -0.4 is 5.32 Å². The molecular formula is C13H18N2S2. The Morgan fingerprint density at radius 1 is 1.29 bits per heavy atom. The highest BCUT2D eigenvalue weighted by molar-refractivity contribution is 7.99. The Bertz CT molecular complexity index is 473. The quantitative estimate of drug-likeness (QED) is 0.772. The van der Waals surface area contributed by atoms with Gasteiger partial charge in [0.25, 0.3) is 0 Å². The third-order valence-electron chi connectivity index (χ3n) is 2.36. The van der Waals surface area contributed by atoms with Crippen LogP contribution in [0, 0.1) is 0 Å². The van der Waals surface area contributed by atoms with Crippen molar-refractivity contribution in [3.63, 3.8) is 0 Å². The first-order chi connectivity index (χ1) is 8.33. The van der Waals surface area contributed by atoms with Crippen molar-refractivity contribution in [3.8, 4) is 0 Å². The van der Waals surface area contributed by atoms with Crippen molar-refractivity contribution >= 4 is 38.4 Å². The standard InChI is InChI=1S/C13H18N2S2/c1-3-7-14-13-15-11-6-5-10(16-8-4-2)9-12(11)17-13/h5-6,9H,3-4,7-8H2,1-2H3,(H,14,15). The van der Waals surface area contributed by atoms with Gasteiger partial charge in [-0.1, -0.05) is 25.2 Å². The van der Waals surface area contributed by atoms with Gasteiger partial charge in [0.1, 0.15) is 0 Å². The number of hydrogen-bond acceptors (Lipinski definition) is 4. The fraction of sp³-hybridized carbons (Fsp3) is 0.462. The Morgan fingerprint density at radius 2 is 2.18 bits per heavy atom. The van der Waals surface area contributed by atoms with E-state index in [1.807, 2.05) is 11.8 Å². The van der Waals surface area contributed by atoms with Gasteiger partial charge in [0, 0.05) is 11.4 Å². The number of hydrogen-bond donors (Lipinski definition) is 1. The van der Waals surface area contributed by atoms with E-state index in [2.05, 4.69) is 42.3 Å². The van der Waals surface area contributed by atoms with Gasteiger partial charge in [-0.05, 0) is 36.8 Å². The summed E-state index contributed by atoms with van der Waals surface area (Å²) in [5.41, 5.74) is 1.11. The highest BCUT2D eigenvalue weighted by Gasteiger charge is 2.04. The summed E-state index contributed by atoms with van der Waals surface area (Å²) in [5.74, 6) is 1.19. The zero-order valence-corrected chi connectivity index (χ0v) is 12.0. The maximum atomic E-state index is 4.57. The normalized spacial score (nSPS) is 10.9. The Morgan fingerprint density at radius 3 is 2.94 bits per heavy atom. The minimum Gasteiger partial charge on any atom is -0.361 e. The molecule has 17 heavy (non-hydrogen) atoms. The van der Waals surface area contributed by atoms with Gasteiger partial charge in [0.15, 0.2) is 5.13 Å². The average molecular weight is 266 g/mol. The third-order valence-corrected chi connectivity index (χ3v) is 4.53. The molecule has 0 bridgehead atoms. The van der Waals surface area contributed by atoms with Gasteiger partial charge in [-0.15, -0.1) is 11.8 Å². The van der Waals surface area contributed by atoms with E-state index >= 15 is 0 Å². The highest BCUT2D eigenvalue weighted by atomic mass is 32.2. The minimum absolute atomic E-state index is 0.997. The van der Waals surface area contributed by atoms with E-state index in [4.69, 9.17) is 0 Å². The van der Waals surface area contributed by atoms with Crippen LogP contribution in [-0.2, 0) is 0 Å². The first-order valence-electron chi connectivity index (χ1n) is 6.10. The van der Waals surface area contributed by atoms with E-state index in [9.17, 15) is 0 Å². The van der Waals surface area contributed by atoms with Crippen LogP contribution in [0.15, 0.2) is 23.1 Å². The number of thiazole rings is 1. The molecule has 0 radical (unpaired) electrons. The second kappa shape index (κ2) is 6.26. The molecule has 1 aromatic carbocycles. The lowest BCUT2D eigenvalue weighted by Crippen LogP contribution is -1.98. The van der Waals surface area contributed by atoms with Crippen LogP contribution in [0.25, 0.3) is 10.2 Å². The summed E-state index contributed by atoms with van der Waals surface area (Å²) in [6.07, 6.45) is 2.35. The van der Waals surface area contributed by atoms with Crippen LogP contribution in [0.2, 0.25) is 0 Å². The van der Waals surface area contributed by atoms with Gasteiger partial charge < -0.3 is 5.32 Å². The van der Waals surface area contributed by atoms with E-state index in [1.54, 1.807) is 11.3 Å². The molecule has 92 valence electrons. The van der Waals surface area contributed by atoms with Crippen LogP contribution in [0.4, 0.5) is 5.13 Å². The topological polar surface area (TPSA) is 24.9 Å². The van der Waals surface area contributed by atoms with Gasteiger partial charge in [-0.25, -0.2) is 4.98 Å². The number of aromatic nitrogens is 1. The van der Waals surface area contributed by atoms with Gasteiger partial charge in [0.05, 0.1) is 10.2 Å². The zero-order chi connectivity index (χ0) is 12.1. The second-order valence-electron chi connectivity index (χ2n) is 3.92. The van der Waals surface area contributed by atoms with Crippen molar-refractivity contribution in [1.29, 1.82) is 0 Å². The predicted octanol–water partition coefficient (Wildman–Crippen LogP) is 4.62. The molecule has 0 atom stereocenters. The van der Waals surface area contributed by atoms with E-state index in [1.165, 1.54) is 21.8 Å². The number of benzene rings is 1. The van der Waals surface area contributed by atoms with Crippen molar-refractivity contribution < 1.29 is 0 Å². The van der Waals surface area contributed by atoms with Crippen molar-refractivity contribution in [3.05, 3.63) is 18.2 Å². The lowest BCUT2D eigenvalue weighted by atomic mass is 10.3. The summed E-state index contributed by atoms with van der Waals surface area (Å²) in [6.45, 7) is 5.38. The predicted molar refractivity (Wildman–Crippen MR) is 79.4 cm³/mol. The Hall–Kier alpha value is -0.740. The molecule has 0 saturated carbocycles. The van der Waals surface area contributed by atoms with Gasteiger partial charge in [-0.3, -0.25) is 0 Å². The molecule has 0 amide bonds. The van der Waals surface area contributed by atoms with Gasteiger partial charge >= 0.3 is 0 Å². The molecule has 1 aromatic heterocycles. The molecule has 0 aliphatic heterocycles. The maximum Gasteiger partial charge on any atom is 0.183 e. The summed E-state index contributed by atoms with van der Waals surface area (Å²) in [5, 5.41) is 4.39. The molecule has 0 unspecified atom stereocenters. The first kappa shape index (κ1) is 12.7. The van der Waals surface area contributed by atoms with E-state index in [0.29, 0.717) is 0 Å². The molecule has 1 N–H and O–H groups in total. The van der Waals surface area contributed by atoms with Crippen molar-refractivity contribution in [2.24, 2.45) is 0 Å². The van der Waals surface area contributed by atoms with E-state index in [-0.39, 0.29) is 0 Å². The molecular weight excluding hydrogens is 248 g/mol. The van der Waals surface area contributed by atoms with Crippen LogP contribution in [0.3, 0.4) is 0 Å². The summed E-state index contributed by atoms with van der Waals surface area (Å²) in [6, 6.07) is 6.55.